The van der Waals surface area contributed by atoms with Crippen LogP contribution in [0.25, 0.3) is 22.3 Å². The van der Waals surface area contributed by atoms with Crippen molar-refractivity contribution in [3.8, 4) is 22.8 Å². The zero-order valence-electron chi connectivity index (χ0n) is 17.1. The Labute approximate surface area is 179 Å². The Kier molecular flexibility index (Phi) is 5.13. The quantitative estimate of drug-likeness (QED) is 0.474. The van der Waals surface area contributed by atoms with Crippen molar-refractivity contribution in [2.45, 2.75) is 25.7 Å². The molecule has 3 aromatic heterocycles. The zero-order chi connectivity index (χ0) is 21.2. The third-order valence-electron chi connectivity index (χ3n) is 5.26. The zero-order valence-corrected chi connectivity index (χ0v) is 17.1. The molecule has 4 aromatic rings. The lowest BCUT2D eigenvalue weighted by molar-refractivity contribution is -0.0402. The highest BCUT2D eigenvalue weighted by molar-refractivity contribution is 5.90. The molecular formula is C23H22N4O4. The molecule has 0 unspecified atom stereocenters. The minimum Gasteiger partial charge on any atom is -0.493 e. The van der Waals surface area contributed by atoms with E-state index in [1.807, 2.05) is 42.5 Å². The van der Waals surface area contributed by atoms with E-state index in [0.29, 0.717) is 23.8 Å². The summed E-state index contributed by atoms with van der Waals surface area (Å²) in [6.45, 7) is 0.813. The van der Waals surface area contributed by atoms with Gasteiger partial charge < -0.3 is 14.2 Å². The van der Waals surface area contributed by atoms with E-state index in [0.717, 1.165) is 29.5 Å². The largest absolute Gasteiger partial charge is 0.493 e. The summed E-state index contributed by atoms with van der Waals surface area (Å²) < 4.78 is 20.1. The second-order valence-electron chi connectivity index (χ2n) is 7.32. The number of nitrogens with zero attached hydrogens (tertiary/aromatic N) is 4. The van der Waals surface area contributed by atoms with Gasteiger partial charge in [0.25, 0.3) is 5.91 Å². The molecule has 1 fully saturated rings. The molecule has 0 radical (unpaired) electrons. The maximum Gasteiger partial charge on any atom is 0.253 e. The van der Waals surface area contributed by atoms with Crippen LogP contribution in [-0.4, -0.2) is 45.2 Å². The van der Waals surface area contributed by atoms with Gasteiger partial charge in [-0.25, -0.2) is 4.98 Å². The standard InChI is InChI=1S/C23H22N4O4/c1-29-19-7-6-17(14-20(19)31-22-5-3-13-30-22)18-9-11-26(25-18)15-21(28)27-12-8-16-4-2-10-24-23(16)27/h2,4,6-12,14,22H,3,5,13,15H2,1H3/t22-/m0/s1. The lowest BCUT2D eigenvalue weighted by Crippen LogP contribution is -2.17. The van der Waals surface area contributed by atoms with E-state index in [1.165, 1.54) is 0 Å². The molecule has 1 aliphatic heterocycles. The van der Waals surface area contributed by atoms with Crippen molar-refractivity contribution in [3.05, 3.63) is 61.1 Å². The van der Waals surface area contributed by atoms with Gasteiger partial charge in [0.15, 0.2) is 17.8 Å². The van der Waals surface area contributed by atoms with Crippen molar-refractivity contribution in [3.63, 3.8) is 0 Å². The first-order valence-corrected chi connectivity index (χ1v) is 10.2. The van der Waals surface area contributed by atoms with Gasteiger partial charge in [0.05, 0.1) is 19.4 Å². The lowest BCUT2D eigenvalue weighted by Gasteiger charge is -2.16. The Balaban J connectivity index is 1.35. The van der Waals surface area contributed by atoms with Crippen molar-refractivity contribution in [1.82, 2.24) is 19.3 Å². The van der Waals surface area contributed by atoms with Crippen LogP contribution in [0.2, 0.25) is 0 Å². The van der Waals surface area contributed by atoms with Crippen molar-refractivity contribution in [1.29, 1.82) is 0 Å². The minimum absolute atomic E-state index is 0.107. The van der Waals surface area contributed by atoms with Crippen molar-refractivity contribution in [2.75, 3.05) is 13.7 Å². The van der Waals surface area contributed by atoms with E-state index in [-0.39, 0.29) is 18.7 Å². The molecule has 1 aliphatic rings. The van der Waals surface area contributed by atoms with Crippen LogP contribution >= 0.6 is 0 Å². The van der Waals surface area contributed by atoms with Gasteiger partial charge >= 0.3 is 0 Å². The molecule has 8 heteroatoms. The third kappa shape index (κ3) is 3.89. The fourth-order valence-corrected chi connectivity index (χ4v) is 3.70. The SMILES string of the molecule is COc1ccc(-c2ccn(CC(=O)n3ccc4cccnc43)n2)cc1O[C@H]1CCCO1. The van der Waals surface area contributed by atoms with E-state index in [4.69, 9.17) is 14.2 Å². The number of hydrogen-bond donors (Lipinski definition) is 0. The molecule has 8 nitrogen and oxygen atoms in total. The normalized spacial score (nSPS) is 16.0. The van der Waals surface area contributed by atoms with E-state index < -0.39 is 0 Å². The number of pyridine rings is 1. The molecule has 5 rings (SSSR count). The van der Waals surface area contributed by atoms with Crippen LogP contribution in [0.5, 0.6) is 11.5 Å². The Bertz CT molecular complexity index is 1220. The molecular weight excluding hydrogens is 396 g/mol. The number of methoxy groups -OCH3 is 1. The van der Waals surface area contributed by atoms with Gasteiger partial charge in [0.2, 0.25) is 0 Å². The van der Waals surface area contributed by atoms with E-state index in [1.54, 1.807) is 34.9 Å². The van der Waals surface area contributed by atoms with Crippen molar-refractivity contribution < 1.29 is 19.0 Å². The van der Waals surface area contributed by atoms with Gasteiger partial charge in [-0.1, -0.05) is 0 Å². The molecule has 1 atom stereocenters. The molecule has 0 bridgehead atoms. The molecule has 1 aromatic carbocycles. The average molecular weight is 418 g/mol. The van der Waals surface area contributed by atoms with Gasteiger partial charge in [-0.2, -0.15) is 5.10 Å². The Morgan fingerprint density at radius 2 is 2.13 bits per heavy atom. The molecule has 31 heavy (non-hydrogen) atoms. The van der Waals surface area contributed by atoms with Crippen LogP contribution in [0.3, 0.4) is 0 Å². The van der Waals surface area contributed by atoms with Crippen molar-refractivity contribution >= 4 is 16.9 Å². The highest BCUT2D eigenvalue weighted by Crippen LogP contribution is 2.34. The fraction of sp³-hybridized carbons (Fsp3) is 0.261. The summed E-state index contributed by atoms with van der Waals surface area (Å²) in [4.78, 5) is 17.1. The van der Waals surface area contributed by atoms with Crippen LogP contribution in [0.1, 0.15) is 17.6 Å². The summed E-state index contributed by atoms with van der Waals surface area (Å²) in [5.41, 5.74) is 2.25. The molecule has 0 aliphatic carbocycles. The van der Waals surface area contributed by atoms with Crippen LogP contribution in [-0.2, 0) is 11.3 Å². The molecule has 1 saturated heterocycles. The number of carbonyl (C=O) groups is 1. The number of ether oxygens (including phenoxy) is 3. The van der Waals surface area contributed by atoms with E-state index in [9.17, 15) is 4.79 Å². The van der Waals surface area contributed by atoms with Crippen molar-refractivity contribution in [2.24, 2.45) is 0 Å². The Hall–Kier alpha value is -3.65. The monoisotopic (exact) mass is 418 g/mol. The summed E-state index contributed by atoms with van der Waals surface area (Å²) in [5.74, 6) is 1.14. The van der Waals surface area contributed by atoms with Crippen LogP contribution in [0.4, 0.5) is 0 Å². The highest BCUT2D eigenvalue weighted by atomic mass is 16.7. The third-order valence-corrected chi connectivity index (χ3v) is 5.26. The number of aromatic nitrogens is 4. The maximum absolute atomic E-state index is 12.8. The maximum atomic E-state index is 12.8. The first-order chi connectivity index (χ1) is 15.2. The van der Waals surface area contributed by atoms with Gasteiger partial charge in [-0.3, -0.25) is 14.0 Å². The predicted molar refractivity (Wildman–Crippen MR) is 114 cm³/mol. The minimum atomic E-state index is -0.260. The number of benzene rings is 1. The number of fused-ring (bicyclic) bond motifs is 1. The lowest BCUT2D eigenvalue weighted by atomic mass is 10.1. The van der Waals surface area contributed by atoms with Crippen LogP contribution < -0.4 is 9.47 Å². The topological polar surface area (TPSA) is 80.4 Å². The first-order valence-electron chi connectivity index (χ1n) is 10.2. The number of hydrogen-bond acceptors (Lipinski definition) is 6. The smallest absolute Gasteiger partial charge is 0.253 e. The average Bonchev–Trinajstić information content (AvgIpc) is 3.54. The van der Waals surface area contributed by atoms with Crippen LogP contribution in [0, 0.1) is 0 Å². The number of rotatable bonds is 6. The highest BCUT2D eigenvalue weighted by Gasteiger charge is 2.20. The van der Waals surface area contributed by atoms with Gasteiger partial charge in [-0.05, 0) is 48.9 Å². The summed E-state index contributed by atoms with van der Waals surface area (Å²) >= 11 is 0. The molecule has 0 N–H and O–H groups in total. The van der Waals surface area contributed by atoms with Gasteiger partial charge in [-0.15, -0.1) is 0 Å². The van der Waals surface area contributed by atoms with Gasteiger partial charge in [0, 0.05) is 36.0 Å². The number of carbonyl (C=O) groups excluding carboxylic acids is 1. The molecule has 4 heterocycles. The molecule has 0 spiro atoms. The summed E-state index contributed by atoms with van der Waals surface area (Å²) in [5, 5.41) is 5.50. The summed E-state index contributed by atoms with van der Waals surface area (Å²) in [6, 6.07) is 13.2. The van der Waals surface area contributed by atoms with E-state index in [2.05, 4.69) is 10.1 Å². The summed E-state index contributed by atoms with van der Waals surface area (Å²) in [7, 11) is 1.61. The fourth-order valence-electron chi connectivity index (χ4n) is 3.70. The summed E-state index contributed by atoms with van der Waals surface area (Å²) in [6.07, 6.45) is 6.78. The Morgan fingerprint density at radius 1 is 1.19 bits per heavy atom. The second kappa shape index (κ2) is 8.23. The van der Waals surface area contributed by atoms with E-state index >= 15 is 0 Å². The van der Waals surface area contributed by atoms with Gasteiger partial charge in [0.1, 0.15) is 12.2 Å². The first kappa shape index (κ1) is 19.3. The van der Waals surface area contributed by atoms with Crippen LogP contribution in [0.15, 0.2) is 61.1 Å². The predicted octanol–water partition coefficient (Wildman–Crippen LogP) is 3.76. The molecule has 0 amide bonds. The molecule has 0 saturated carbocycles. The molecule has 158 valence electrons. The Morgan fingerprint density at radius 3 is 2.97 bits per heavy atom. The second-order valence-corrected chi connectivity index (χ2v) is 7.32.